The number of anilines is 1. The van der Waals surface area contributed by atoms with Crippen LogP contribution >= 0.6 is 0 Å². The molecule has 1 saturated heterocycles. The van der Waals surface area contributed by atoms with Gasteiger partial charge in [0.15, 0.2) is 0 Å². The molecule has 1 unspecified atom stereocenters. The van der Waals surface area contributed by atoms with Gasteiger partial charge in [-0.2, -0.15) is 0 Å². The van der Waals surface area contributed by atoms with E-state index in [1.165, 1.54) is 0 Å². The topological polar surface area (TPSA) is 78.2 Å². The molecule has 3 N–H and O–H groups in total. The molecule has 1 aromatic carbocycles. The van der Waals surface area contributed by atoms with E-state index in [0.29, 0.717) is 10.6 Å². The Hall–Kier alpha value is -0.910. The fraction of sp³-hybridized carbons (Fsp3) is 0.400. The first-order chi connectivity index (χ1) is 7.18. The molecule has 0 spiro atoms. The summed E-state index contributed by atoms with van der Waals surface area (Å²) < 4.78 is 22.0. The molecule has 0 aliphatic carbocycles. The van der Waals surface area contributed by atoms with E-state index in [1.807, 2.05) is 0 Å². The summed E-state index contributed by atoms with van der Waals surface area (Å²) in [4.78, 5) is 0.351. The van der Waals surface area contributed by atoms with Crippen LogP contribution < -0.4 is 11.1 Å². The molecule has 4 nitrogen and oxygen atoms in total. The minimum atomic E-state index is -2.19. The highest BCUT2D eigenvalue weighted by Gasteiger charge is 2.19. The van der Waals surface area contributed by atoms with Crippen LogP contribution in [0.4, 0.5) is 5.69 Å². The normalized spacial score (nSPS) is 22.9. The van der Waals surface area contributed by atoms with Crippen molar-refractivity contribution >= 4 is 16.8 Å². The predicted octanol–water partition coefficient (Wildman–Crippen LogP) is 0.931. The van der Waals surface area contributed by atoms with Crippen LogP contribution in [0.15, 0.2) is 23.1 Å². The average molecular weight is 225 g/mol. The first kappa shape index (κ1) is 10.6. The van der Waals surface area contributed by atoms with Crippen LogP contribution in [0.2, 0.25) is 0 Å². The van der Waals surface area contributed by atoms with Gasteiger partial charge >= 0.3 is 0 Å². The van der Waals surface area contributed by atoms with E-state index >= 15 is 0 Å². The second-order valence-corrected chi connectivity index (χ2v) is 4.59. The molecule has 2 atom stereocenters. The summed E-state index contributed by atoms with van der Waals surface area (Å²) in [6.07, 6.45) is 2.04. The summed E-state index contributed by atoms with van der Waals surface area (Å²) in [6, 6.07) is 5.05. The molecule has 1 aromatic rings. The maximum absolute atomic E-state index is 11.0. The molecule has 1 fully saturated rings. The summed E-state index contributed by atoms with van der Waals surface area (Å²) in [5, 5.41) is 3.27. The van der Waals surface area contributed by atoms with Crippen LogP contribution in [-0.2, 0) is 11.1 Å². The number of rotatable bonds is 2. The zero-order valence-corrected chi connectivity index (χ0v) is 9.05. The molecule has 0 radical (unpaired) electrons. The van der Waals surface area contributed by atoms with Crippen molar-refractivity contribution in [2.75, 3.05) is 12.3 Å². The Labute approximate surface area is 91.2 Å². The highest BCUT2D eigenvalue weighted by atomic mass is 32.2. The van der Waals surface area contributed by atoms with Crippen LogP contribution in [-0.4, -0.2) is 15.3 Å². The van der Waals surface area contributed by atoms with Crippen LogP contribution in [0.25, 0.3) is 0 Å². The van der Waals surface area contributed by atoms with Gasteiger partial charge in [0.05, 0.1) is 0 Å². The molecular weight excluding hydrogens is 212 g/mol. The molecule has 0 amide bonds. The van der Waals surface area contributed by atoms with Crippen molar-refractivity contribution in [1.29, 1.82) is 0 Å². The maximum atomic E-state index is 11.0. The van der Waals surface area contributed by atoms with E-state index in [-0.39, 0.29) is 6.04 Å². The number of hydrogen-bond acceptors (Lipinski definition) is 4. The second kappa shape index (κ2) is 4.30. The molecule has 0 bridgehead atoms. The van der Waals surface area contributed by atoms with Crippen LogP contribution in [0.5, 0.6) is 0 Å². The first-order valence-electron chi connectivity index (χ1n) is 4.90. The molecule has 1 aliphatic rings. The fourth-order valence-corrected chi connectivity index (χ4v) is 2.51. The Kier molecular flexibility index (Phi) is 3.04. The molecule has 0 saturated carbocycles. The zero-order valence-electron chi connectivity index (χ0n) is 8.23. The van der Waals surface area contributed by atoms with Crippen LogP contribution in [0, 0.1) is 0 Å². The van der Waals surface area contributed by atoms with E-state index in [2.05, 4.69) is 5.32 Å². The van der Waals surface area contributed by atoms with Crippen molar-refractivity contribution in [3.05, 3.63) is 23.8 Å². The molecular formula is C10H13N2O2S-. The Morgan fingerprint density at radius 1 is 1.53 bits per heavy atom. The lowest BCUT2D eigenvalue weighted by atomic mass is 10.0. The minimum absolute atomic E-state index is 0.126. The van der Waals surface area contributed by atoms with Gasteiger partial charge in [-0.15, -0.1) is 0 Å². The SMILES string of the molecule is Nc1ccc(S(=O)[O-])c([C@@H]2CCCN2)c1. The van der Waals surface area contributed by atoms with Gasteiger partial charge in [0, 0.05) is 16.6 Å². The van der Waals surface area contributed by atoms with E-state index < -0.39 is 11.1 Å². The second-order valence-electron chi connectivity index (χ2n) is 3.68. The largest absolute Gasteiger partial charge is 0.768 e. The Balaban J connectivity index is 2.41. The van der Waals surface area contributed by atoms with E-state index in [9.17, 15) is 8.76 Å². The van der Waals surface area contributed by atoms with E-state index in [4.69, 9.17) is 5.73 Å². The lowest BCUT2D eigenvalue weighted by molar-refractivity contribution is 0.532. The minimum Gasteiger partial charge on any atom is -0.768 e. The Bertz CT molecular complexity index is 389. The van der Waals surface area contributed by atoms with Crippen LogP contribution in [0.3, 0.4) is 0 Å². The van der Waals surface area contributed by atoms with Crippen molar-refractivity contribution in [3.8, 4) is 0 Å². The molecule has 5 heteroatoms. The summed E-state index contributed by atoms with van der Waals surface area (Å²) in [5.41, 5.74) is 7.06. The Morgan fingerprint density at radius 3 is 2.93 bits per heavy atom. The van der Waals surface area contributed by atoms with Gasteiger partial charge in [-0.3, -0.25) is 4.21 Å². The van der Waals surface area contributed by atoms with Crippen molar-refractivity contribution < 1.29 is 8.76 Å². The number of benzene rings is 1. The van der Waals surface area contributed by atoms with Crippen molar-refractivity contribution in [2.45, 2.75) is 23.8 Å². The summed E-state index contributed by atoms with van der Waals surface area (Å²) >= 11 is -2.19. The van der Waals surface area contributed by atoms with Gasteiger partial charge in [0.25, 0.3) is 0 Å². The summed E-state index contributed by atoms with van der Waals surface area (Å²) in [6.45, 7) is 0.935. The van der Waals surface area contributed by atoms with E-state index in [0.717, 1.165) is 24.9 Å². The quantitative estimate of drug-likeness (QED) is 0.580. The molecule has 0 aromatic heterocycles. The van der Waals surface area contributed by atoms with Gasteiger partial charge in [-0.05, 0) is 54.2 Å². The number of nitrogens with two attached hydrogens (primary N) is 1. The highest BCUT2D eigenvalue weighted by molar-refractivity contribution is 7.79. The van der Waals surface area contributed by atoms with Gasteiger partial charge in [-0.1, -0.05) is 0 Å². The van der Waals surface area contributed by atoms with Gasteiger partial charge < -0.3 is 15.6 Å². The van der Waals surface area contributed by atoms with Crippen molar-refractivity contribution in [1.82, 2.24) is 5.32 Å². The van der Waals surface area contributed by atoms with Gasteiger partial charge in [-0.25, -0.2) is 0 Å². The molecule has 1 heterocycles. The lowest BCUT2D eigenvalue weighted by Gasteiger charge is -2.17. The average Bonchev–Trinajstić information content (AvgIpc) is 2.69. The monoisotopic (exact) mass is 225 g/mol. The molecule has 2 rings (SSSR count). The Morgan fingerprint density at radius 2 is 2.33 bits per heavy atom. The molecule has 82 valence electrons. The standard InChI is InChI=1S/C10H14N2O2S/c11-7-3-4-10(15(13)14)8(6-7)9-2-1-5-12-9/h3-4,6,9,12H,1-2,5,11H2,(H,13,14)/p-1/t9-/m0/s1. The molecule has 1 aliphatic heterocycles. The van der Waals surface area contributed by atoms with Crippen molar-refractivity contribution in [2.24, 2.45) is 0 Å². The summed E-state index contributed by atoms with van der Waals surface area (Å²) in [5.74, 6) is 0. The smallest absolute Gasteiger partial charge is 0.0333 e. The predicted molar refractivity (Wildman–Crippen MR) is 58.0 cm³/mol. The van der Waals surface area contributed by atoms with Crippen LogP contribution in [0.1, 0.15) is 24.4 Å². The third-order valence-corrected chi connectivity index (χ3v) is 3.38. The number of hydrogen-bond donors (Lipinski definition) is 2. The van der Waals surface area contributed by atoms with E-state index in [1.54, 1.807) is 18.2 Å². The number of nitrogens with one attached hydrogen (secondary N) is 1. The summed E-state index contributed by atoms with van der Waals surface area (Å²) in [7, 11) is 0. The third-order valence-electron chi connectivity index (χ3n) is 2.65. The van der Waals surface area contributed by atoms with Gasteiger partial charge in [0.1, 0.15) is 0 Å². The van der Waals surface area contributed by atoms with Gasteiger partial charge in [0.2, 0.25) is 0 Å². The first-order valence-corrected chi connectivity index (χ1v) is 5.98. The third kappa shape index (κ3) is 2.19. The highest BCUT2D eigenvalue weighted by Crippen LogP contribution is 2.29. The lowest BCUT2D eigenvalue weighted by Crippen LogP contribution is -2.15. The van der Waals surface area contributed by atoms with Crippen molar-refractivity contribution in [3.63, 3.8) is 0 Å². The maximum Gasteiger partial charge on any atom is 0.0333 e. The molecule has 15 heavy (non-hydrogen) atoms. The zero-order chi connectivity index (χ0) is 10.8. The fourth-order valence-electron chi connectivity index (χ4n) is 1.94. The number of nitrogen functional groups attached to an aromatic ring is 1.